The van der Waals surface area contributed by atoms with Crippen molar-refractivity contribution in [1.82, 2.24) is 9.80 Å². The zero-order chi connectivity index (χ0) is 16.9. The molecular weight excluding hydrogens is 347 g/mol. The van der Waals surface area contributed by atoms with Gasteiger partial charge in [-0.15, -0.1) is 0 Å². The van der Waals surface area contributed by atoms with Crippen molar-refractivity contribution >= 4 is 29.1 Å². The van der Waals surface area contributed by atoms with Crippen LogP contribution in [-0.2, 0) is 16.0 Å². The number of piperazine rings is 1. The molecule has 0 saturated carbocycles. The van der Waals surface area contributed by atoms with Gasteiger partial charge in [-0.3, -0.25) is 9.69 Å². The number of carbonyl (C=O) groups excluding carboxylic acids is 1. The summed E-state index contributed by atoms with van der Waals surface area (Å²) in [5, 5.41) is 1.40. The number of benzene rings is 1. The van der Waals surface area contributed by atoms with Gasteiger partial charge in [-0.1, -0.05) is 29.3 Å². The average molecular weight is 371 g/mol. The second-order valence-corrected chi connectivity index (χ2v) is 7.38. The normalized spacial score (nSPS) is 20.3. The van der Waals surface area contributed by atoms with E-state index >= 15 is 0 Å². The minimum absolute atomic E-state index is 0.165. The van der Waals surface area contributed by atoms with Crippen LogP contribution in [0.5, 0.6) is 0 Å². The van der Waals surface area contributed by atoms with E-state index in [0.717, 1.165) is 75.8 Å². The highest BCUT2D eigenvalue weighted by Gasteiger charge is 2.28. The van der Waals surface area contributed by atoms with E-state index in [1.807, 2.05) is 17.0 Å². The molecule has 0 aromatic heterocycles. The summed E-state index contributed by atoms with van der Waals surface area (Å²) in [4.78, 5) is 17.0. The molecule has 0 atom stereocenters. The van der Waals surface area contributed by atoms with Gasteiger partial charge in [-0.05, 0) is 37.0 Å². The number of amides is 1. The molecule has 0 radical (unpaired) electrons. The number of hydrogen-bond donors (Lipinski definition) is 0. The van der Waals surface area contributed by atoms with Crippen LogP contribution in [0.3, 0.4) is 0 Å². The van der Waals surface area contributed by atoms with E-state index in [9.17, 15) is 4.79 Å². The molecule has 2 fully saturated rings. The molecule has 3 rings (SSSR count). The smallest absolute Gasteiger partial charge is 0.225 e. The van der Waals surface area contributed by atoms with Crippen LogP contribution in [0.15, 0.2) is 18.2 Å². The third-order valence-corrected chi connectivity index (χ3v) is 5.55. The molecule has 2 aliphatic heterocycles. The summed E-state index contributed by atoms with van der Waals surface area (Å²) in [6.45, 7) is 5.91. The Kier molecular flexibility index (Phi) is 6.39. The lowest BCUT2D eigenvalue weighted by Gasteiger charge is -2.37. The van der Waals surface area contributed by atoms with Gasteiger partial charge in [0.1, 0.15) is 0 Å². The van der Waals surface area contributed by atoms with Crippen LogP contribution in [0.2, 0.25) is 10.0 Å². The molecule has 2 aliphatic rings. The first-order valence-electron chi connectivity index (χ1n) is 8.66. The van der Waals surface area contributed by atoms with Gasteiger partial charge in [0.15, 0.2) is 0 Å². The van der Waals surface area contributed by atoms with Crippen LogP contribution in [0.1, 0.15) is 18.4 Å². The third kappa shape index (κ3) is 4.63. The maximum atomic E-state index is 12.5. The maximum absolute atomic E-state index is 12.5. The number of ether oxygens (including phenoxy) is 1. The summed E-state index contributed by atoms with van der Waals surface area (Å²) in [7, 11) is 0. The Balaban J connectivity index is 1.44. The van der Waals surface area contributed by atoms with Gasteiger partial charge in [-0.2, -0.15) is 0 Å². The molecule has 0 bridgehead atoms. The third-order valence-electron chi connectivity index (χ3n) is 4.97. The molecule has 24 heavy (non-hydrogen) atoms. The molecule has 6 heteroatoms. The molecule has 1 amide bonds. The lowest BCUT2D eigenvalue weighted by Crippen LogP contribution is -2.51. The SMILES string of the molecule is O=C(C1CCOCC1)N1CCN(CCc2ccc(Cl)cc2Cl)CC1. The molecule has 0 unspecified atom stereocenters. The summed E-state index contributed by atoms with van der Waals surface area (Å²) in [5.74, 6) is 0.483. The predicted molar refractivity (Wildman–Crippen MR) is 96.7 cm³/mol. The van der Waals surface area contributed by atoms with Gasteiger partial charge in [0.05, 0.1) is 0 Å². The summed E-state index contributed by atoms with van der Waals surface area (Å²) in [6, 6.07) is 5.67. The van der Waals surface area contributed by atoms with Crippen LogP contribution in [0.25, 0.3) is 0 Å². The molecule has 1 aromatic rings. The Hall–Kier alpha value is -0.810. The van der Waals surface area contributed by atoms with Crippen LogP contribution >= 0.6 is 23.2 Å². The lowest BCUT2D eigenvalue weighted by atomic mass is 9.98. The van der Waals surface area contributed by atoms with E-state index in [1.165, 1.54) is 0 Å². The highest BCUT2D eigenvalue weighted by atomic mass is 35.5. The first-order chi connectivity index (χ1) is 11.6. The van der Waals surface area contributed by atoms with E-state index in [0.29, 0.717) is 10.9 Å². The molecule has 2 saturated heterocycles. The zero-order valence-electron chi connectivity index (χ0n) is 13.8. The highest BCUT2D eigenvalue weighted by Crippen LogP contribution is 2.22. The lowest BCUT2D eigenvalue weighted by molar-refractivity contribution is -0.140. The van der Waals surface area contributed by atoms with E-state index in [4.69, 9.17) is 27.9 Å². The molecule has 0 aliphatic carbocycles. The van der Waals surface area contributed by atoms with E-state index in [2.05, 4.69) is 4.90 Å². The number of carbonyl (C=O) groups is 1. The maximum Gasteiger partial charge on any atom is 0.225 e. The van der Waals surface area contributed by atoms with Crippen molar-refractivity contribution in [3.8, 4) is 0 Å². The van der Waals surface area contributed by atoms with Crippen molar-refractivity contribution in [2.75, 3.05) is 45.9 Å². The molecule has 0 N–H and O–H groups in total. The van der Waals surface area contributed by atoms with Crippen LogP contribution < -0.4 is 0 Å². The van der Waals surface area contributed by atoms with Gasteiger partial charge < -0.3 is 9.64 Å². The first-order valence-corrected chi connectivity index (χ1v) is 9.42. The average Bonchev–Trinajstić information content (AvgIpc) is 2.62. The fraction of sp³-hybridized carbons (Fsp3) is 0.611. The molecule has 2 heterocycles. The minimum atomic E-state index is 0.165. The monoisotopic (exact) mass is 370 g/mol. The number of nitrogens with zero attached hydrogens (tertiary/aromatic N) is 2. The van der Waals surface area contributed by atoms with Crippen LogP contribution in [0, 0.1) is 5.92 Å². The van der Waals surface area contributed by atoms with Crippen molar-refractivity contribution in [1.29, 1.82) is 0 Å². The van der Waals surface area contributed by atoms with Crippen LogP contribution in [-0.4, -0.2) is 61.6 Å². The first kappa shape index (κ1) is 18.0. The van der Waals surface area contributed by atoms with Gasteiger partial charge in [0, 0.05) is 61.9 Å². The van der Waals surface area contributed by atoms with E-state index in [1.54, 1.807) is 6.07 Å². The van der Waals surface area contributed by atoms with Gasteiger partial charge in [0.2, 0.25) is 5.91 Å². The summed E-state index contributed by atoms with van der Waals surface area (Å²) < 4.78 is 5.35. The summed E-state index contributed by atoms with van der Waals surface area (Å²) in [6.07, 6.45) is 2.64. The summed E-state index contributed by atoms with van der Waals surface area (Å²) in [5.41, 5.74) is 1.13. The predicted octanol–water partition coefficient (Wildman–Crippen LogP) is 3.11. The van der Waals surface area contributed by atoms with Crippen molar-refractivity contribution in [2.45, 2.75) is 19.3 Å². The summed E-state index contributed by atoms with van der Waals surface area (Å²) >= 11 is 12.2. The molecule has 1 aromatic carbocycles. The molecule has 4 nitrogen and oxygen atoms in total. The standard InChI is InChI=1S/C18H24Cl2N2O2/c19-16-2-1-14(17(20)13-16)3-6-21-7-9-22(10-8-21)18(23)15-4-11-24-12-5-15/h1-2,13,15H,3-12H2. The highest BCUT2D eigenvalue weighted by molar-refractivity contribution is 6.35. The molecule has 0 spiro atoms. The van der Waals surface area contributed by atoms with Crippen molar-refractivity contribution in [3.05, 3.63) is 33.8 Å². The van der Waals surface area contributed by atoms with Crippen molar-refractivity contribution in [2.24, 2.45) is 5.92 Å². The second kappa shape index (κ2) is 8.52. The minimum Gasteiger partial charge on any atom is -0.381 e. The van der Waals surface area contributed by atoms with Crippen LogP contribution in [0.4, 0.5) is 0 Å². The van der Waals surface area contributed by atoms with Gasteiger partial charge >= 0.3 is 0 Å². The quantitative estimate of drug-likeness (QED) is 0.816. The Morgan fingerprint density at radius 2 is 1.83 bits per heavy atom. The molecular formula is C18H24Cl2N2O2. The Morgan fingerprint density at radius 3 is 2.50 bits per heavy atom. The topological polar surface area (TPSA) is 32.8 Å². The Morgan fingerprint density at radius 1 is 1.12 bits per heavy atom. The number of rotatable bonds is 4. The molecule has 132 valence electrons. The van der Waals surface area contributed by atoms with Gasteiger partial charge in [-0.25, -0.2) is 0 Å². The van der Waals surface area contributed by atoms with E-state index in [-0.39, 0.29) is 5.92 Å². The van der Waals surface area contributed by atoms with Crippen molar-refractivity contribution in [3.63, 3.8) is 0 Å². The fourth-order valence-electron chi connectivity index (χ4n) is 3.40. The number of halogens is 2. The fourth-order valence-corrected chi connectivity index (χ4v) is 3.90. The largest absolute Gasteiger partial charge is 0.381 e. The Labute approximate surface area is 153 Å². The zero-order valence-corrected chi connectivity index (χ0v) is 15.4. The number of hydrogen-bond acceptors (Lipinski definition) is 3. The second-order valence-electron chi connectivity index (χ2n) is 6.54. The van der Waals surface area contributed by atoms with E-state index < -0.39 is 0 Å². The van der Waals surface area contributed by atoms with Gasteiger partial charge in [0.25, 0.3) is 0 Å². The Bertz CT molecular complexity index is 568. The van der Waals surface area contributed by atoms with Crippen molar-refractivity contribution < 1.29 is 9.53 Å².